The van der Waals surface area contributed by atoms with Gasteiger partial charge in [0, 0.05) is 38.4 Å². The van der Waals surface area contributed by atoms with E-state index in [1.807, 2.05) is 38.2 Å². The standard InChI is InChI=1S/C19H27N5O2/c1-4-24-17(7-13(2)21-24)19(25)23-8-15(11-26-10-14-5-6-14)18-16(9-23)20-12-22(18)3/h7,12,14-15H,4-6,8-11H2,1-3H3/t15-/m1/s1. The van der Waals surface area contributed by atoms with Crippen LogP contribution in [0.5, 0.6) is 0 Å². The molecule has 0 spiro atoms. The molecular weight excluding hydrogens is 330 g/mol. The van der Waals surface area contributed by atoms with Crippen molar-refractivity contribution in [2.75, 3.05) is 19.8 Å². The van der Waals surface area contributed by atoms with Gasteiger partial charge in [0.2, 0.25) is 0 Å². The van der Waals surface area contributed by atoms with Crippen LogP contribution in [0.15, 0.2) is 12.4 Å². The smallest absolute Gasteiger partial charge is 0.272 e. The molecule has 1 saturated carbocycles. The SMILES string of the molecule is CCn1nc(C)cc1C(=O)N1Cc2ncn(C)c2[C@@H](COCC2CC2)C1. The van der Waals surface area contributed by atoms with Crippen molar-refractivity contribution in [3.05, 3.63) is 35.2 Å². The lowest BCUT2D eigenvalue weighted by Crippen LogP contribution is -2.41. The lowest BCUT2D eigenvalue weighted by atomic mass is 9.98. The third-order valence-corrected chi connectivity index (χ3v) is 5.31. The van der Waals surface area contributed by atoms with Gasteiger partial charge in [-0.1, -0.05) is 0 Å². The number of rotatable bonds is 6. The van der Waals surface area contributed by atoms with Gasteiger partial charge in [-0.15, -0.1) is 0 Å². The second kappa shape index (κ2) is 6.87. The van der Waals surface area contributed by atoms with E-state index in [0.717, 1.165) is 23.9 Å². The Morgan fingerprint density at radius 3 is 2.88 bits per heavy atom. The van der Waals surface area contributed by atoms with E-state index in [9.17, 15) is 4.79 Å². The maximum atomic E-state index is 13.1. The molecule has 1 amide bonds. The summed E-state index contributed by atoms with van der Waals surface area (Å²) in [7, 11) is 2.02. The van der Waals surface area contributed by atoms with Crippen LogP contribution >= 0.6 is 0 Å². The second-order valence-electron chi connectivity index (χ2n) is 7.54. The van der Waals surface area contributed by atoms with Crippen molar-refractivity contribution in [1.82, 2.24) is 24.2 Å². The minimum atomic E-state index is 0.0240. The van der Waals surface area contributed by atoms with Gasteiger partial charge in [-0.05, 0) is 38.7 Å². The number of ether oxygens (including phenoxy) is 1. The minimum Gasteiger partial charge on any atom is -0.380 e. The number of hydrogen-bond acceptors (Lipinski definition) is 4. The van der Waals surface area contributed by atoms with Gasteiger partial charge in [0.05, 0.1) is 30.9 Å². The minimum absolute atomic E-state index is 0.0240. The van der Waals surface area contributed by atoms with Gasteiger partial charge >= 0.3 is 0 Å². The van der Waals surface area contributed by atoms with Crippen molar-refractivity contribution < 1.29 is 9.53 Å². The molecule has 140 valence electrons. The van der Waals surface area contributed by atoms with E-state index in [2.05, 4.69) is 14.6 Å². The Kier molecular flexibility index (Phi) is 4.56. The van der Waals surface area contributed by atoms with E-state index < -0.39 is 0 Å². The molecule has 4 rings (SSSR count). The summed E-state index contributed by atoms with van der Waals surface area (Å²) < 4.78 is 9.82. The summed E-state index contributed by atoms with van der Waals surface area (Å²) in [5.41, 5.74) is 3.70. The molecule has 0 radical (unpaired) electrons. The van der Waals surface area contributed by atoms with Crippen LogP contribution < -0.4 is 0 Å². The molecule has 0 bridgehead atoms. The molecule has 3 heterocycles. The molecule has 0 saturated heterocycles. The first-order chi connectivity index (χ1) is 12.6. The largest absolute Gasteiger partial charge is 0.380 e. The molecule has 1 aliphatic heterocycles. The van der Waals surface area contributed by atoms with Gasteiger partial charge in [-0.3, -0.25) is 9.48 Å². The van der Waals surface area contributed by atoms with Crippen LogP contribution in [0.4, 0.5) is 0 Å². The molecule has 7 nitrogen and oxygen atoms in total. The van der Waals surface area contributed by atoms with E-state index in [1.165, 1.54) is 18.5 Å². The van der Waals surface area contributed by atoms with Gasteiger partial charge in [-0.25, -0.2) is 4.98 Å². The molecule has 7 heteroatoms. The van der Waals surface area contributed by atoms with Crippen molar-refractivity contribution in [3.63, 3.8) is 0 Å². The number of aryl methyl sites for hydroxylation is 3. The molecule has 1 fully saturated rings. The molecule has 1 aliphatic carbocycles. The molecule has 2 aromatic heterocycles. The summed E-state index contributed by atoms with van der Waals surface area (Å²) >= 11 is 0. The summed E-state index contributed by atoms with van der Waals surface area (Å²) in [6.07, 6.45) is 4.41. The van der Waals surface area contributed by atoms with Gasteiger partial charge in [0.25, 0.3) is 5.91 Å². The van der Waals surface area contributed by atoms with E-state index in [-0.39, 0.29) is 11.8 Å². The predicted octanol–water partition coefficient (Wildman–Crippen LogP) is 2.11. The van der Waals surface area contributed by atoms with Gasteiger partial charge in [0.1, 0.15) is 5.69 Å². The monoisotopic (exact) mass is 357 g/mol. The highest BCUT2D eigenvalue weighted by Crippen LogP contribution is 2.31. The number of hydrogen-bond donors (Lipinski definition) is 0. The van der Waals surface area contributed by atoms with Crippen LogP contribution in [0, 0.1) is 12.8 Å². The Morgan fingerprint density at radius 1 is 1.35 bits per heavy atom. The Balaban J connectivity index is 1.54. The van der Waals surface area contributed by atoms with Crippen molar-refractivity contribution in [3.8, 4) is 0 Å². The van der Waals surface area contributed by atoms with Crippen molar-refractivity contribution >= 4 is 5.91 Å². The van der Waals surface area contributed by atoms with Crippen molar-refractivity contribution in [2.24, 2.45) is 13.0 Å². The topological polar surface area (TPSA) is 65.2 Å². The van der Waals surface area contributed by atoms with Crippen LogP contribution in [0.1, 0.15) is 53.3 Å². The number of amides is 1. The number of aromatic nitrogens is 4. The summed E-state index contributed by atoms with van der Waals surface area (Å²) in [6.45, 7) is 7.28. The fraction of sp³-hybridized carbons (Fsp3) is 0.632. The van der Waals surface area contributed by atoms with E-state index in [0.29, 0.717) is 31.9 Å². The molecule has 0 aromatic carbocycles. The normalized spacial score (nSPS) is 19.7. The maximum absolute atomic E-state index is 13.1. The third kappa shape index (κ3) is 3.28. The van der Waals surface area contributed by atoms with Crippen LogP contribution in [0.25, 0.3) is 0 Å². The highest BCUT2D eigenvalue weighted by atomic mass is 16.5. The maximum Gasteiger partial charge on any atom is 0.272 e. The van der Waals surface area contributed by atoms with Crippen LogP contribution in [0.3, 0.4) is 0 Å². The fourth-order valence-corrected chi connectivity index (χ4v) is 3.80. The molecule has 0 N–H and O–H groups in total. The van der Waals surface area contributed by atoms with Crippen LogP contribution in [-0.4, -0.2) is 49.9 Å². The first kappa shape index (κ1) is 17.3. The number of carbonyl (C=O) groups is 1. The van der Waals surface area contributed by atoms with Gasteiger partial charge in [0.15, 0.2) is 0 Å². The number of imidazole rings is 1. The van der Waals surface area contributed by atoms with Gasteiger partial charge < -0.3 is 14.2 Å². The molecule has 26 heavy (non-hydrogen) atoms. The molecule has 2 aromatic rings. The average Bonchev–Trinajstić information content (AvgIpc) is 3.27. The summed E-state index contributed by atoms with van der Waals surface area (Å²) in [5.74, 6) is 0.924. The zero-order valence-corrected chi connectivity index (χ0v) is 15.8. The van der Waals surface area contributed by atoms with Crippen LogP contribution in [0.2, 0.25) is 0 Å². The summed E-state index contributed by atoms with van der Waals surface area (Å²) in [6, 6.07) is 1.87. The summed E-state index contributed by atoms with van der Waals surface area (Å²) in [5, 5.41) is 4.41. The van der Waals surface area contributed by atoms with Crippen molar-refractivity contribution in [1.29, 1.82) is 0 Å². The fourth-order valence-electron chi connectivity index (χ4n) is 3.80. The first-order valence-electron chi connectivity index (χ1n) is 9.48. The zero-order valence-electron chi connectivity index (χ0n) is 15.8. The zero-order chi connectivity index (χ0) is 18.3. The molecule has 0 unspecified atom stereocenters. The van der Waals surface area contributed by atoms with Crippen LogP contribution in [-0.2, 0) is 24.9 Å². The third-order valence-electron chi connectivity index (χ3n) is 5.31. The predicted molar refractivity (Wildman–Crippen MR) is 96.9 cm³/mol. The summed E-state index contributed by atoms with van der Waals surface area (Å²) in [4.78, 5) is 19.6. The number of nitrogens with zero attached hydrogens (tertiary/aromatic N) is 5. The average molecular weight is 357 g/mol. The highest BCUT2D eigenvalue weighted by molar-refractivity contribution is 5.92. The van der Waals surface area contributed by atoms with E-state index in [1.54, 1.807) is 4.68 Å². The molecule has 1 atom stereocenters. The number of fused-ring (bicyclic) bond motifs is 1. The lowest BCUT2D eigenvalue weighted by molar-refractivity contribution is 0.0608. The molecule has 2 aliphatic rings. The first-order valence-corrected chi connectivity index (χ1v) is 9.48. The number of carbonyl (C=O) groups excluding carboxylic acids is 1. The van der Waals surface area contributed by atoms with E-state index in [4.69, 9.17) is 4.74 Å². The Morgan fingerprint density at radius 2 is 2.15 bits per heavy atom. The quantitative estimate of drug-likeness (QED) is 0.794. The Labute approximate surface area is 154 Å². The highest BCUT2D eigenvalue weighted by Gasteiger charge is 2.33. The van der Waals surface area contributed by atoms with E-state index >= 15 is 0 Å². The second-order valence-corrected chi connectivity index (χ2v) is 7.54. The Bertz CT molecular complexity index is 805. The molecular formula is C19H27N5O2. The van der Waals surface area contributed by atoms with Gasteiger partial charge in [-0.2, -0.15) is 5.10 Å². The lowest BCUT2D eigenvalue weighted by Gasteiger charge is -2.33. The Hall–Kier alpha value is -2.15. The van der Waals surface area contributed by atoms with Crippen molar-refractivity contribution in [2.45, 2.75) is 45.7 Å².